The number of benzene rings is 1. The van der Waals surface area contributed by atoms with E-state index >= 15 is 0 Å². The molecule has 11 heteroatoms. The summed E-state index contributed by atoms with van der Waals surface area (Å²) in [7, 11) is 0. The van der Waals surface area contributed by atoms with Gasteiger partial charge >= 0.3 is 0 Å². The number of hydrogen-bond acceptors (Lipinski definition) is 11. The Labute approximate surface area is 234 Å². The topological polar surface area (TPSA) is 149 Å². The molecule has 0 spiro atoms. The third-order valence-corrected chi connectivity index (χ3v) is 7.09. The van der Waals surface area contributed by atoms with Gasteiger partial charge in [0.2, 0.25) is 5.95 Å². The number of aromatic nitrogens is 4. The molecule has 1 aromatic carbocycles. The quantitative estimate of drug-likeness (QED) is 0.133. The van der Waals surface area contributed by atoms with Gasteiger partial charge in [0, 0.05) is 46.9 Å². The molecule has 1 fully saturated rings. The Morgan fingerprint density at radius 2 is 1.82 bits per heavy atom. The van der Waals surface area contributed by atoms with Gasteiger partial charge in [-0.1, -0.05) is 12.1 Å². The number of aliphatic hydroxyl groups is 3. The second-order valence-electron chi connectivity index (χ2n) is 9.90. The normalized spacial score (nSPS) is 16.8. The molecule has 10 nitrogen and oxygen atoms in total. The lowest BCUT2D eigenvalue weighted by atomic mass is 10.1. The van der Waals surface area contributed by atoms with Gasteiger partial charge in [-0.15, -0.1) is 11.8 Å². The molecule has 1 aliphatic carbocycles. The fourth-order valence-electron chi connectivity index (χ4n) is 4.21. The summed E-state index contributed by atoms with van der Waals surface area (Å²) in [6.45, 7) is 9.00. The maximum absolute atomic E-state index is 9.55. The zero-order valence-corrected chi connectivity index (χ0v) is 23.7. The predicted molar refractivity (Wildman–Crippen MR) is 157 cm³/mol. The van der Waals surface area contributed by atoms with Crippen LogP contribution in [0.4, 0.5) is 17.5 Å². The van der Waals surface area contributed by atoms with Crippen LogP contribution in [-0.4, -0.2) is 66.2 Å². The highest BCUT2D eigenvalue weighted by Gasteiger charge is 2.25. The lowest BCUT2D eigenvalue weighted by Gasteiger charge is -2.19. The summed E-state index contributed by atoms with van der Waals surface area (Å²) >= 11 is 1.76. The van der Waals surface area contributed by atoms with Crippen molar-refractivity contribution < 1.29 is 15.3 Å². The van der Waals surface area contributed by atoms with E-state index in [1.807, 2.05) is 25.1 Å². The molecule has 0 amide bonds. The van der Waals surface area contributed by atoms with E-state index in [1.165, 1.54) is 13.8 Å². The summed E-state index contributed by atoms with van der Waals surface area (Å²) in [4.78, 5) is 23.3. The maximum atomic E-state index is 9.55. The van der Waals surface area contributed by atoms with Crippen molar-refractivity contribution in [2.24, 2.45) is 10.9 Å². The molecular formula is C28H39N7O3S. The summed E-state index contributed by atoms with van der Waals surface area (Å²) in [6, 6.07) is 10.1. The van der Waals surface area contributed by atoms with Gasteiger partial charge in [0.05, 0.1) is 12.2 Å². The Morgan fingerprint density at radius 1 is 1.10 bits per heavy atom. The molecule has 2 aromatic heterocycles. The Bertz CT molecular complexity index is 1190. The number of aliphatic imine (C=N–C) groups is 1. The first-order valence-corrected chi connectivity index (χ1v) is 14.0. The molecule has 0 saturated heterocycles. The molecule has 210 valence electrons. The SMILES string of the molecule is C=Nc1ccccc1SCCc1c(C)nc(NCc2ncccn2)nc1N[C@H]1CCC(CO)C1.CC(C)(O)O. The minimum absolute atomic E-state index is 0.241. The first-order chi connectivity index (χ1) is 18.7. The second-order valence-corrected chi connectivity index (χ2v) is 11.0. The number of anilines is 2. The number of nitrogens with one attached hydrogen (secondary N) is 2. The molecule has 0 radical (unpaired) electrons. The van der Waals surface area contributed by atoms with Crippen LogP contribution in [0.25, 0.3) is 0 Å². The summed E-state index contributed by atoms with van der Waals surface area (Å²) < 4.78 is 0. The highest BCUT2D eigenvalue weighted by Crippen LogP contribution is 2.32. The van der Waals surface area contributed by atoms with Crippen LogP contribution in [0.5, 0.6) is 0 Å². The zero-order valence-electron chi connectivity index (χ0n) is 22.8. The summed E-state index contributed by atoms with van der Waals surface area (Å²) in [5.41, 5.74) is 2.97. The van der Waals surface area contributed by atoms with E-state index in [0.717, 1.165) is 59.1 Å². The van der Waals surface area contributed by atoms with E-state index < -0.39 is 5.79 Å². The monoisotopic (exact) mass is 553 g/mol. The van der Waals surface area contributed by atoms with Crippen LogP contribution in [0, 0.1) is 12.8 Å². The van der Waals surface area contributed by atoms with Crippen molar-refractivity contribution in [1.29, 1.82) is 0 Å². The molecule has 2 atom stereocenters. The van der Waals surface area contributed by atoms with E-state index in [4.69, 9.17) is 20.2 Å². The summed E-state index contributed by atoms with van der Waals surface area (Å²) in [6.07, 6.45) is 7.28. The number of para-hydroxylation sites is 1. The molecule has 2 heterocycles. The van der Waals surface area contributed by atoms with Crippen molar-refractivity contribution >= 4 is 35.9 Å². The first-order valence-electron chi connectivity index (χ1n) is 13.0. The van der Waals surface area contributed by atoms with Crippen LogP contribution in [0.15, 0.2) is 52.6 Å². The van der Waals surface area contributed by atoms with Crippen molar-refractivity contribution in [3.05, 3.63) is 59.8 Å². The van der Waals surface area contributed by atoms with Crippen LogP contribution < -0.4 is 10.6 Å². The molecule has 4 rings (SSSR count). The lowest BCUT2D eigenvalue weighted by Crippen LogP contribution is -2.20. The minimum Gasteiger partial charge on any atom is -0.396 e. The van der Waals surface area contributed by atoms with Gasteiger partial charge in [-0.25, -0.2) is 15.0 Å². The van der Waals surface area contributed by atoms with Gasteiger partial charge < -0.3 is 26.0 Å². The highest BCUT2D eigenvalue weighted by atomic mass is 32.2. The number of aryl methyl sites for hydroxylation is 1. The van der Waals surface area contributed by atoms with Crippen LogP contribution >= 0.6 is 11.8 Å². The molecule has 0 aliphatic heterocycles. The third kappa shape index (κ3) is 10.5. The molecule has 1 aliphatic rings. The largest absolute Gasteiger partial charge is 0.396 e. The fourth-order valence-corrected chi connectivity index (χ4v) is 5.19. The molecule has 0 bridgehead atoms. The van der Waals surface area contributed by atoms with E-state index in [1.54, 1.807) is 30.2 Å². The van der Waals surface area contributed by atoms with Gasteiger partial charge in [0.25, 0.3) is 0 Å². The van der Waals surface area contributed by atoms with Gasteiger partial charge in [-0.2, -0.15) is 4.98 Å². The van der Waals surface area contributed by atoms with Crippen molar-refractivity contribution in [2.45, 2.75) is 69.7 Å². The van der Waals surface area contributed by atoms with Crippen LogP contribution in [0.3, 0.4) is 0 Å². The molecule has 39 heavy (non-hydrogen) atoms. The smallest absolute Gasteiger partial charge is 0.225 e. The highest BCUT2D eigenvalue weighted by molar-refractivity contribution is 7.99. The average Bonchev–Trinajstić information content (AvgIpc) is 3.36. The van der Waals surface area contributed by atoms with E-state index in [9.17, 15) is 5.11 Å². The summed E-state index contributed by atoms with van der Waals surface area (Å²) in [5.74, 6) is 1.84. The summed E-state index contributed by atoms with van der Waals surface area (Å²) in [5, 5.41) is 32.6. The average molecular weight is 554 g/mol. The maximum Gasteiger partial charge on any atom is 0.225 e. The van der Waals surface area contributed by atoms with E-state index in [0.29, 0.717) is 30.3 Å². The van der Waals surface area contributed by atoms with Gasteiger partial charge in [-0.05, 0) is 77.3 Å². The van der Waals surface area contributed by atoms with Crippen LogP contribution in [0.2, 0.25) is 0 Å². The van der Waals surface area contributed by atoms with Crippen molar-refractivity contribution in [2.75, 3.05) is 23.0 Å². The second kappa shape index (κ2) is 14.9. The Kier molecular flexibility index (Phi) is 11.6. The lowest BCUT2D eigenvalue weighted by molar-refractivity contribution is -0.127. The number of hydrogen-bond donors (Lipinski definition) is 5. The van der Waals surface area contributed by atoms with E-state index in [2.05, 4.69) is 38.4 Å². The Hall–Kier alpha value is -3.12. The molecular weight excluding hydrogens is 514 g/mol. The van der Waals surface area contributed by atoms with Crippen LogP contribution in [-0.2, 0) is 13.0 Å². The van der Waals surface area contributed by atoms with Gasteiger partial charge in [0.15, 0.2) is 5.79 Å². The number of rotatable bonds is 11. The van der Waals surface area contributed by atoms with Crippen molar-refractivity contribution in [3.63, 3.8) is 0 Å². The fraction of sp³-hybridized carbons (Fsp3) is 0.464. The van der Waals surface area contributed by atoms with Crippen LogP contribution in [0.1, 0.15) is 50.2 Å². The number of aliphatic hydroxyl groups excluding tert-OH is 1. The molecule has 3 aromatic rings. The van der Waals surface area contributed by atoms with Crippen molar-refractivity contribution in [1.82, 2.24) is 19.9 Å². The number of thioether (sulfide) groups is 1. The standard InChI is InChI=1S/C25H31N7OS.C3H8O2/c1-17-20(10-13-34-22-7-4-3-6-21(22)26-2)24(31-19-9-8-18(14-19)16-33)32-25(30-17)29-15-23-27-11-5-12-28-23;1-3(2,4)5/h3-7,11-12,18-19,33H,2,8-10,13-16H2,1H3,(H2,29,30,31,32);4-5H,1-2H3/t18?,19-;/m0./s1. The zero-order chi connectivity index (χ0) is 28.3. The molecule has 5 N–H and O–H groups in total. The predicted octanol–water partition coefficient (Wildman–Crippen LogP) is 4.13. The van der Waals surface area contributed by atoms with Gasteiger partial charge in [-0.3, -0.25) is 4.99 Å². The first kappa shape index (κ1) is 30.4. The number of nitrogens with zero attached hydrogens (tertiary/aromatic N) is 5. The minimum atomic E-state index is -1.50. The molecule has 1 unspecified atom stereocenters. The van der Waals surface area contributed by atoms with Crippen molar-refractivity contribution in [3.8, 4) is 0 Å². The van der Waals surface area contributed by atoms with E-state index in [-0.39, 0.29) is 6.61 Å². The van der Waals surface area contributed by atoms with Gasteiger partial charge in [0.1, 0.15) is 11.6 Å². The third-order valence-electron chi connectivity index (χ3n) is 6.02. The Balaban J connectivity index is 0.000000771. The Morgan fingerprint density at radius 3 is 2.49 bits per heavy atom. The molecule has 1 saturated carbocycles.